The Morgan fingerprint density at radius 1 is 1.08 bits per heavy atom. The average molecular weight is 362 g/mol. The van der Waals surface area contributed by atoms with Crippen molar-refractivity contribution in [3.8, 4) is 11.5 Å². The maximum atomic E-state index is 9.80. The van der Waals surface area contributed by atoms with E-state index in [-0.39, 0.29) is 12.4 Å². The fraction of sp³-hybridized carbons (Fsp3) is 0.333. The van der Waals surface area contributed by atoms with Crippen LogP contribution in [0.3, 0.4) is 0 Å². The molecule has 2 aliphatic heterocycles. The van der Waals surface area contributed by atoms with Crippen molar-refractivity contribution in [2.45, 2.75) is 13.2 Å². The number of halogens is 1. The van der Waals surface area contributed by atoms with Crippen molar-refractivity contribution < 1.29 is 19.2 Å². The Morgan fingerprint density at radius 3 is 2.72 bits per heavy atom. The topological polar surface area (TPSA) is 51.2 Å². The fourth-order valence-corrected chi connectivity index (χ4v) is 3.12. The third-order valence-electron chi connectivity index (χ3n) is 4.42. The quantitative estimate of drug-likeness (QED) is 0.844. The second-order valence-electron chi connectivity index (χ2n) is 6.16. The molecule has 0 saturated carbocycles. The Bertz CT molecular complexity index is 724. The van der Waals surface area contributed by atoms with Crippen molar-refractivity contribution in [1.82, 2.24) is 4.90 Å². The minimum Gasteiger partial charge on any atom is -0.457 e. The molecule has 132 valence electrons. The van der Waals surface area contributed by atoms with Crippen LogP contribution in [0.15, 0.2) is 42.5 Å². The van der Waals surface area contributed by atoms with Gasteiger partial charge in [0.2, 0.25) is 0 Å². The van der Waals surface area contributed by atoms with Gasteiger partial charge in [-0.25, -0.2) is 0 Å². The molecule has 1 fully saturated rings. The molecule has 25 heavy (non-hydrogen) atoms. The van der Waals surface area contributed by atoms with Gasteiger partial charge in [-0.05, 0) is 40.9 Å². The number of fused-ring (bicyclic) bond motifs is 1. The van der Waals surface area contributed by atoms with Crippen LogP contribution in [0.25, 0.3) is 0 Å². The Morgan fingerprint density at radius 2 is 1.88 bits per heavy atom. The van der Waals surface area contributed by atoms with Gasteiger partial charge in [-0.3, -0.25) is 4.90 Å². The first-order valence-corrected chi connectivity index (χ1v) is 8.27. The molecule has 4 rings (SSSR count). The van der Waals surface area contributed by atoms with E-state index >= 15 is 0 Å². The third-order valence-corrected chi connectivity index (χ3v) is 4.42. The fourth-order valence-electron chi connectivity index (χ4n) is 3.12. The molecular formula is C18H21BClNO4. The average Bonchev–Trinajstić information content (AvgIpc) is 2.97. The van der Waals surface area contributed by atoms with E-state index in [1.54, 1.807) is 0 Å². The van der Waals surface area contributed by atoms with E-state index < -0.39 is 7.12 Å². The van der Waals surface area contributed by atoms with E-state index in [0.29, 0.717) is 12.4 Å². The molecule has 7 heteroatoms. The molecule has 0 spiro atoms. The zero-order valence-electron chi connectivity index (χ0n) is 13.9. The Balaban J connectivity index is 0.00000182. The van der Waals surface area contributed by atoms with Crippen LogP contribution in [0, 0.1) is 0 Å². The smallest absolute Gasteiger partial charge is 0.457 e. The SMILES string of the molecule is Cl.OB1OCc2ccc(Oc3cccc(CN4CCOCC4)c3)cc21. The summed E-state index contributed by atoms with van der Waals surface area (Å²) in [6.45, 7) is 4.89. The lowest BCUT2D eigenvalue weighted by Crippen LogP contribution is -2.35. The summed E-state index contributed by atoms with van der Waals surface area (Å²) in [5, 5.41) is 9.80. The van der Waals surface area contributed by atoms with Crippen molar-refractivity contribution in [2.75, 3.05) is 26.3 Å². The number of morpholine rings is 1. The summed E-state index contributed by atoms with van der Waals surface area (Å²) in [4.78, 5) is 2.38. The third kappa shape index (κ3) is 4.34. The highest BCUT2D eigenvalue weighted by atomic mass is 35.5. The Hall–Kier alpha value is -1.57. The minimum atomic E-state index is -0.851. The first kappa shape index (κ1) is 18.2. The van der Waals surface area contributed by atoms with Crippen LogP contribution in [0.5, 0.6) is 11.5 Å². The molecule has 0 radical (unpaired) electrons. The van der Waals surface area contributed by atoms with Crippen LogP contribution >= 0.6 is 12.4 Å². The second-order valence-corrected chi connectivity index (χ2v) is 6.16. The van der Waals surface area contributed by atoms with Gasteiger partial charge >= 0.3 is 7.12 Å². The van der Waals surface area contributed by atoms with Crippen LogP contribution in [0.1, 0.15) is 11.1 Å². The van der Waals surface area contributed by atoms with Crippen LogP contribution in [0.4, 0.5) is 0 Å². The summed E-state index contributed by atoms with van der Waals surface area (Å²) in [6.07, 6.45) is 0. The molecule has 0 aromatic heterocycles. The maximum absolute atomic E-state index is 9.80. The number of rotatable bonds is 4. The summed E-state index contributed by atoms with van der Waals surface area (Å²) in [7, 11) is -0.851. The second kappa shape index (κ2) is 8.21. The summed E-state index contributed by atoms with van der Waals surface area (Å²) in [5.41, 5.74) is 3.02. The highest BCUT2D eigenvalue weighted by molar-refractivity contribution is 6.61. The van der Waals surface area contributed by atoms with Gasteiger partial charge in [-0.2, -0.15) is 0 Å². The summed E-state index contributed by atoms with van der Waals surface area (Å²) < 4.78 is 16.6. The van der Waals surface area contributed by atoms with Crippen molar-refractivity contribution in [3.05, 3.63) is 53.6 Å². The molecule has 2 aromatic carbocycles. The highest BCUT2D eigenvalue weighted by Crippen LogP contribution is 2.24. The van der Waals surface area contributed by atoms with Crippen molar-refractivity contribution >= 4 is 25.0 Å². The standard InChI is InChI=1S/C18H20BNO4.ClH/c21-19-18-11-17(5-4-15(18)13-23-19)24-16-3-1-2-14(10-16)12-20-6-8-22-9-7-20;/h1-5,10-11,21H,6-9,12-13H2;1H. The molecule has 5 nitrogen and oxygen atoms in total. The van der Waals surface area contributed by atoms with Crippen LogP contribution < -0.4 is 10.2 Å². The maximum Gasteiger partial charge on any atom is 0.491 e. The van der Waals surface area contributed by atoms with Crippen molar-refractivity contribution in [2.24, 2.45) is 0 Å². The normalized spacial score (nSPS) is 17.1. The Kier molecular flexibility index (Phi) is 5.99. The zero-order chi connectivity index (χ0) is 16.4. The number of ether oxygens (including phenoxy) is 2. The molecule has 0 aliphatic carbocycles. The lowest BCUT2D eigenvalue weighted by atomic mass is 9.79. The van der Waals surface area contributed by atoms with Gasteiger partial charge in [-0.15, -0.1) is 12.4 Å². The lowest BCUT2D eigenvalue weighted by molar-refractivity contribution is 0.0342. The van der Waals surface area contributed by atoms with E-state index in [2.05, 4.69) is 17.0 Å². The summed E-state index contributed by atoms with van der Waals surface area (Å²) >= 11 is 0. The number of nitrogens with zero attached hydrogens (tertiary/aromatic N) is 1. The van der Waals surface area contributed by atoms with Gasteiger partial charge in [-0.1, -0.05) is 18.2 Å². The summed E-state index contributed by atoms with van der Waals surface area (Å²) in [6, 6.07) is 13.8. The molecule has 2 aliphatic rings. The molecule has 0 atom stereocenters. The zero-order valence-corrected chi connectivity index (χ0v) is 14.7. The Labute approximate surface area is 154 Å². The highest BCUT2D eigenvalue weighted by Gasteiger charge is 2.27. The molecule has 1 N–H and O–H groups in total. The molecule has 0 bridgehead atoms. The van der Waals surface area contributed by atoms with Crippen LogP contribution in [0.2, 0.25) is 0 Å². The monoisotopic (exact) mass is 361 g/mol. The first-order chi connectivity index (χ1) is 11.8. The number of benzene rings is 2. The number of hydrogen-bond donors (Lipinski definition) is 1. The van der Waals surface area contributed by atoms with Crippen molar-refractivity contribution in [3.63, 3.8) is 0 Å². The molecule has 0 unspecified atom stereocenters. The van der Waals surface area contributed by atoms with Gasteiger partial charge in [0.25, 0.3) is 0 Å². The predicted octanol–water partition coefficient (Wildman–Crippen LogP) is 1.95. The molecule has 2 aromatic rings. The lowest BCUT2D eigenvalue weighted by Gasteiger charge is -2.26. The van der Waals surface area contributed by atoms with E-state index in [0.717, 1.165) is 49.6 Å². The number of hydrogen-bond acceptors (Lipinski definition) is 5. The largest absolute Gasteiger partial charge is 0.491 e. The van der Waals surface area contributed by atoms with Crippen LogP contribution in [-0.2, 0) is 22.5 Å². The van der Waals surface area contributed by atoms with E-state index in [4.69, 9.17) is 14.1 Å². The van der Waals surface area contributed by atoms with Gasteiger partial charge < -0.3 is 19.2 Å². The van der Waals surface area contributed by atoms with Crippen LogP contribution in [-0.4, -0.2) is 43.3 Å². The van der Waals surface area contributed by atoms with E-state index in [1.165, 1.54) is 5.56 Å². The first-order valence-electron chi connectivity index (χ1n) is 8.27. The molecular weight excluding hydrogens is 340 g/mol. The predicted molar refractivity (Wildman–Crippen MR) is 98.7 cm³/mol. The molecule has 0 amide bonds. The van der Waals surface area contributed by atoms with E-state index in [9.17, 15) is 5.02 Å². The van der Waals surface area contributed by atoms with E-state index in [1.807, 2.05) is 30.3 Å². The molecule has 2 heterocycles. The molecule has 1 saturated heterocycles. The van der Waals surface area contributed by atoms with Gasteiger partial charge in [0.05, 0.1) is 19.8 Å². The van der Waals surface area contributed by atoms with Gasteiger partial charge in [0.15, 0.2) is 0 Å². The minimum absolute atomic E-state index is 0. The van der Waals surface area contributed by atoms with Gasteiger partial charge in [0, 0.05) is 19.6 Å². The van der Waals surface area contributed by atoms with Gasteiger partial charge in [0.1, 0.15) is 11.5 Å². The summed E-state index contributed by atoms with van der Waals surface area (Å²) in [5.74, 6) is 1.51. The van der Waals surface area contributed by atoms with Crippen molar-refractivity contribution in [1.29, 1.82) is 0 Å².